The first-order valence-corrected chi connectivity index (χ1v) is 4.60. The number of rotatable bonds is 6. The van der Waals surface area contributed by atoms with Gasteiger partial charge < -0.3 is 14.9 Å². The van der Waals surface area contributed by atoms with E-state index in [9.17, 15) is 0 Å². The van der Waals surface area contributed by atoms with Gasteiger partial charge in [-0.3, -0.25) is 0 Å². The molecule has 0 aliphatic rings. The predicted octanol–water partition coefficient (Wildman–Crippen LogP) is 1.58. The zero-order valence-electron chi connectivity index (χ0n) is 8.03. The van der Waals surface area contributed by atoms with Gasteiger partial charge >= 0.3 is 0 Å². The van der Waals surface area contributed by atoms with Gasteiger partial charge in [0, 0.05) is 26.2 Å². The van der Waals surface area contributed by atoms with E-state index in [2.05, 4.69) is 0 Å². The van der Waals surface area contributed by atoms with Crippen molar-refractivity contribution in [3.63, 3.8) is 0 Å². The lowest BCUT2D eigenvalue weighted by atomic mass is 10.1. The Morgan fingerprint density at radius 2 is 2.46 bits per heavy atom. The van der Waals surface area contributed by atoms with Crippen LogP contribution in [0.1, 0.15) is 18.6 Å². The van der Waals surface area contributed by atoms with Crippen molar-refractivity contribution in [2.75, 3.05) is 13.7 Å². The third-order valence-corrected chi connectivity index (χ3v) is 1.97. The summed E-state index contributed by atoms with van der Waals surface area (Å²) in [6, 6.07) is 4.02. The summed E-state index contributed by atoms with van der Waals surface area (Å²) in [6.45, 7) is 0.784. The second kappa shape index (κ2) is 5.78. The molecule has 1 unspecified atom stereocenters. The van der Waals surface area contributed by atoms with Crippen molar-refractivity contribution < 1.29 is 9.15 Å². The van der Waals surface area contributed by atoms with Crippen molar-refractivity contribution in [2.24, 2.45) is 5.73 Å². The molecule has 0 aromatic carbocycles. The van der Waals surface area contributed by atoms with Crippen LogP contribution in [-0.2, 0) is 11.2 Å². The lowest BCUT2D eigenvalue weighted by Gasteiger charge is -2.08. The Hall–Kier alpha value is -0.800. The maximum Gasteiger partial charge on any atom is 0.105 e. The van der Waals surface area contributed by atoms with Crippen LogP contribution >= 0.6 is 0 Å². The molecule has 2 N–H and O–H groups in total. The summed E-state index contributed by atoms with van der Waals surface area (Å²) in [4.78, 5) is 0. The van der Waals surface area contributed by atoms with Crippen molar-refractivity contribution in [3.05, 3.63) is 24.2 Å². The minimum atomic E-state index is 0.182. The van der Waals surface area contributed by atoms with Gasteiger partial charge in [-0.1, -0.05) is 0 Å². The van der Waals surface area contributed by atoms with Gasteiger partial charge in [-0.25, -0.2) is 0 Å². The first kappa shape index (κ1) is 10.3. The second-order valence-electron chi connectivity index (χ2n) is 3.18. The van der Waals surface area contributed by atoms with Crippen molar-refractivity contribution in [2.45, 2.75) is 25.3 Å². The van der Waals surface area contributed by atoms with Crippen molar-refractivity contribution in [1.29, 1.82) is 0 Å². The molecule has 0 bridgehead atoms. The molecule has 0 aliphatic carbocycles. The van der Waals surface area contributed by atoms with Crippen molar-refractivity contribution >= 4 is 0 Å². The van der Waals surface area contributed by atoms with Gasteiger partial charge in [0.1, 0.15) is 5.76 Å². The van der Waals surface area contributed by atoms with E-state index in [4.69, 9.17) is 14.9 Å². The van der Waals surface area contributed by atoms with Gasteiger partial charge in [0.05, 0.1) is 6.26 Å². The normalized spacial score (nSPS) is 13.1. The highest BCUT2D eigenvalue weighted by Crippen LogP contribution is 2.06. The summed E-state index contributed by atoms with van der Waals surface area (Å²) in [5, 5.41) is 0. The van der Waals surface area contributed by atoms with Crippen LogP contribution < -0.4 is 5.73 Å². The quantitative estimate of drug-likeness (QED) is 0.681. The highest BCUT2D eigenvalue weighted by molar-refractivity contribution is 4.99. The summed E-state index contributed by atoms with van der Waals surface area (Å²) < 4.78 is 10.1. The maximum atomic E-state index is 5.89. The summed E-state index contributed by atoms with van der Waals surface area (Å²) in [7, 11) is 1.71. The molecule has 3 nitrogen and oxygen atoms in total. The van der Waals surface area contributed by atoms with Gasteiger partial charge in [-0.05, 0) is 25.0 Å². The molecule has 1 heterocycles. The Bertz CT molecular complexity index is 209. The Balaban J connectivity index is 2.14. The minimum absolute atomic E-state index is 0.182. The van der Waals surface area contributed by atoms with E-state index in [0.29, 0.717) is 0 Å². The number of furan rings is 1. The molecule has 74 valence electrons. The smallest absolute Gasteiger partial charge is 0.105 e. The van der Waals surface area contributed by atoms with Gasteiger partial charge in [0.2, 0.25) is 0 Å². The first-order valence-electron chi connectivity index (χ1n) is 4.60. The van der Waals surface area contributed by atoms with Crippen molar-refractivity contribution in [1.82, 2.24) is 0 Å². The molecule has 13 heavy (non-hydrogen) atoms. The van der Waals surface area contributed by atoms with Crippen LogP contribution in [0.3, 0.4) is 0 Å². The van der Waals surface area contributed by atoms with Crippen LogP contribution in [0.4, 0.5) is 0 Å². The fourth-order valence-electron chi connectivity index (χ4n) is 1.28. The maximum absolute atomic E-state index is 5.89. The molecule has 0 fully saturated rings. The molecule has 1 aromatic heterocycles. The van der Waals surface area contributed by atoms with Crippen molar-refractivity contribution in [3.8, 4) is 0 Å². The van der Waals surface area contributed by atoms with E-state index in [1.54, 1.807) is 13.4 Å². The highest BCUT2D eigenvalue weighted by Gasteiger charge is 2.05. The fourth-order valence-corrected chi connectivity index (χ4v) is 1.28. The number of hydrogen-bond acceptors (Lipinski definition) is 3. The molecule has 0 radical (unpaired) electrons. The summed E-state index contributed by atoms with van der Waals surface area (Å²) >= 11 is 0. The van der Waals surface area contributed by atoms with E-state index in [-0.39, 0.29) is 6.04 Å². The Morgan fingerprint density at radius 1 is 1.62 bits per heavy atom. The van der Waals surface area contributed by atoms with Gasteiger partial charge in [0.15, 0.2) is 0 Å². The van der Waals surface area contributed by atoms with Crippen LogP contribution in [0.25, 0.3) is 0 Å². The average Bonchev–Trinajstić information content (AvgIpc) is 2.57. The number of methoxy groups -OCH3 is 1. The van der Waals surface area contributed by atoms with Crippen LogP contribution in [-0.4, -0.2) is 19.8 Å². The Morgan fingerprint density at radius 3 is 3.08 bits per heavy atom. The standard InChI is InChI=1S/C10H17NO2/c1-12-6-2-4-9(11)8-10-5-3-7-13-10/h3,5,7,9H,2,4,6,8,11H2,1H3. The zero-order valence-corrected chi connectivity index (χ0v) is 8.03. The molecule has 1 atom stereocenters. The van der Waals surface area contributed by atoms with Gasteiger partial charge in [0.25, 0.3) is 0 Å². The SMILES string of the molecule is COCCCC(N)Cc1ccco1. The molecular formula is C10H17NO2. The summed E-state index contributed by atoms with van der Waals surface area (Å²) in [6.07, 6.45) is 4.49. The zero-order chi connectivity index (χ0) is 9.52. The number of ether oxygens (including phenoxy) is 1. The van der Waals surface area contributed by atoms with E-state index >= 15 is 0 Å². The van der Waals surface area contributed by atoms with Gasteiger partial charge in [-0.15, -0.1) is 0 Å². The molecule has 0 spiro atoms. The molecular weight excluding hydrogens is 166 g/mol. The van der Waals surface area contributed by atoms with Crippen LogP contribution in [0.15, 0.2) is 22.8 Å². The molecule has 1 aromatic rings. The van der Waals surface area contributed by atoms with E-state index < -0.39 is 0 Å². The van der Waals surface area contributed by atoms with E-state index in [1.165, 1.54) is 0 Å². The largest absolute Gasteiger partial charge is 0.469 e. The average molecular weight is 183 g/mol. The minimum Gasteiger partial charge on any atom is -0.469 e. The molecule has 1 rings (SSSR count). The molecule has 3 heteroatoms. The lowest BCUT2D eigenvalue weighted by molar-refractivity contribution is 0.190. The van der Waals surface area contributed by atoms with E-state index in [1.807, 2.05) is 12.1 Å². The Labute approximate surface area is 78.9 Å². The molecule has 0 saturated heterocycles. The van der Waals surface area contributed by atoms with Crippen LogP contribution in [0.5, 0.6) is 0 Å². The predicted molar refractivity (Wildman–Crippen MR) is 51.5 cm³/mol. The number of hydrogen-bond donors (Lipinski definition) is 1. The lowest BCUT2D eigenvalue weighted by Crippen LogP contribution is -2.22. The third kappa shape index (κ3) is 4.10. The van der Waals surface area contributed by atoms with Gasteiger partial charge in [-0.2, -0.15) is 0 Å². The summed E-state index contributed by atoms with van der Waals surface area (Å²) in [5.41, 5.74) is 5.89. The topological polar surface area (TPSA) is 48.4 Å². The molecule has 0 saturated carbocycles. The first-order chi connectivity index (χ1) is 6.33. The molecule has 0 aliphatic heterocycles. The van der Waals surface area contributed by atoms with Crippen LogP contribution in [0.2, 0.25) is 0 Å². The monoisotopic (exact) mass is 183 g/mol. The Kier molecular flexibility index (Phi) is 4.57. The third-order valence-electron chi connectivity index (χ3n) is 1.97. The van der Waals surface area contributed by atoms with E-state index in [0.717, 1.165) is 31.6 Å². The fraction of sp³-hybridized carbons (Fsp3) is 0.600. The van der Waals surface area contributed by atoms with Crippen LogP contribution in [0, 0.1) is 0 Å². The summed E-state index contributed by atoms with van der Waals surface area (Å²) in [5.74, 6) is 0.963. The number of nitrogens with two attached hydrogens (primary N) is 1. The second-order valence-corrected chi connectivity index (χ2v) is 3.18. The highest BCUT2D eigenvalue weighted by atomic mass is 16.5. The molecule has 0 amide bonds.